The van der Waals surface area contributed by atoms with Crippen molar-refractivity contribution in [2.45, 2.75) is 117 Å². The molecule has 0 bridgehead atoms. The van der Waals surface area contributed by atoms with Crippen molar-refractivity contribution in [2.75, 3.05) is 0 Å². The standard InChI is InChI=1S/C27H46O2Si/c1-9-18-10-11-21-24-22(13-15-26(18,21)5)27(6)14-12-20(16-19(27)17-23(24)28)29-30(7,8)25(2,3)4/h17-18,20-22,24H,9-16H2,1-8H3/t18-,20?,21-,22-,24-,26+,27-/m0/s1. The van der Waals surface area contributed by atoms with Gasteiger partial charge in [-0.05, 0) is 97.7 Å². The summed E-state index contributed by atoms with van der Waals surface area (Å²) in [6.07, 6.45) is 12.2. The molecular formula is C27H46O2Si. The van der Waals surface area contributed by atoms with Crippen LogP contribution in [0.5, 0.6) is 0 Å². The quantitative estimate of drug-likeness (QED) is 0.432. The predicted molar refractivity (Wildman–Crippen MR) is 128 cm³/mol. The highest BCUT2D eigenvalue weighted by atomic mass is 28.4. The van der Waals surface area contributed by atoms with Gasteiger partial charge in [0.25, 0.3) is 0 Å². The Labute approximate surface area is 186 Å². The van der Waals surface area contributed by atoms with Crippen LogP contribution in [0.25, 0.3) is 0 Å². The maximum atomic E-state index is 13.5. The Kier molecular flexibility index (Phi) is 5.54. The third kappa shape index (κ3) is 3.32. The maximum absolute atomic E-state index is 13.5. The van der Waals surface area contributed by atoms with Crippen LogP contribution in [0.4, 0.5) is 0 Å². The molecular weight excluding hydrogens is 384 g/mol. The van der Waals surface area contributed by atoms with E-state index in [0.29, 0.717) is 29.1 Å². The lowest BCUT2D eigenvalue weighted by molar-refractivity contribution is -0.134. The third-order valence-electron chi connectivity index (χ3n) is 10.9. The summed E-state index contributed by atoms with van der Waals surface area (Å²) < 4.78 is 6.81. The SMILES string of the molecule is CC[C@H]1CC[C@H]2[C@@H]3C(=O)C=C4CC(O[Si](C)(C)C(C)(C)C)CC[C@]4(C)[C@H]3CC[C@]12C. The van der Waals surface area contributed by atoms with E-state index >= 15 is 0 Å². The van der Waals surface area contributed by atoms with Crippen LogP contribution in [-0.2, 0) is 9.22 Å². The smallest absolute Gasteiger partial charge is 0.192 e. The molecule has 4 aliphatic carbocycles. The molecule has 4 aliphatic rings. The van der Waals surface area contributed by atoms with Crippen molar-refractivity contribution in [1.82, 2.24) is 0 Å². The van der Waals surface area contributed by atoms with Crippen molar-refractivity contribution < 1.29 is 9.22 Å². The Morgan fingerprint density at radius 2 is 1.77 bits per heavy atom. The van der Waals surface area contributed by atoms with E-state index in [1.165, 1.54) is 44.1 Å². The van der Waals surface area contributed by atoms with Gasteiger partial charge in [0.15, 0.2) is 14.1 Å². The van der Waals surface area contributed by atoms with E-state index in [1.807, 2.05) is 0 Å². The lowest BCUT2D eigenvalue weighted by Gasteiger charge is -2.57. The first-order valence-electron chi connectivity index (χ1n) is 12.8. The molecule has 0 aromatic rings. The Bertz CT molecular complexity index is 732. The summed E-state index contributed by atoms with van der Waals surface area (Å²) in [6.45, 7) is 19.1. The van der Waals surface area contributed by atoms with E-state index in [0.717, 1.165) is 18.8 Å². The molecule has 3 saturated carbocycles. The van der Waals surface area contributed by atoms with Gasteiger partial charge in [-0.15, -0.1) is 0 Å². The summed E-state index contributed by atoms with van der Waals surface area (Å²) in [5, 5.41) is 0.238. The largest absolute Gasteiger partial charge is 0.414 e. The number of carbonyl (C=O) groups is 1. The fourth-order valence-electron chi connectivity index (χ4n) is 7.84. The van der Waals surface area contributed by atoms with E-state index in [4.69, 9.17) is 4.43 Å². The van der Waals surface area contributed by atoms with Gasteiger partial charge in [-0.1, -0.05) is 53.5 Å². The monoisotopic (exact) mass is 430 g/mol. The van der Waals surface area contributed by atoms with E-state index < -0.39 is 8.32 Å². The highest BCUT2D eigenvalue weighted by Gasteiger charge is 2.60. The molecule has 0 spiro atoms. The van der Waals surface area contributed by atoms with Crippen molar-refractivity contribution in [3.63, 3.8) is 0 Å². The molecule has 7 atom stereocenters. The summed E-state index contributed by atoms with van der Waals surface area (Å²) in [7, 11) is -1.78. The topological polar surface area (TPSA) is 26.3 Å². The first kappa shape index (κ1) is 22.8. The first-order chi connectivity index (χ1) is 13.8. The summed E-state index contributed by atoms with van der Waals surface area (Å²) >= 11 is 0. The van der Waals surface area contributed by atoms with Gasteiger partial charge in [-0.3, -0.25) is 4.79 Å². The van der Waals surface area contributed by atoms with Crippen LogP contribution in [0.1, 0.15) is 92.9 Å². The summed E-state index contributed by atoms with van der Waals surface area (Å²) in [4.78, 5) is 13.5. The molecule has 0 saturated heterocycles. The zero-order valence-electron chi connectivity index (χ0n) is 20.9. The fraction of sp³-hybridized carbons (Fsp3) is 0.889. The van der Waals surface area contributed by atoms with Crippen LogP contribution in [-0.4, -0.2) is 20.2 Å². The Morgan fingerprint density at radius 1 is 1.07 bits per heavy atom. The molecule has 4 rings (SSSR count). The van der Waals surface area contributed by atoms with Gasteiger partial charge in [0.2, 0.25) is 0 Å². The summed E-state index contributed by atoms with van der Waals surface area (Å²) in [5.74, 6) is 2.75. The summed E-state index contributed by atoms with van der Waals surface area (Å²) in [5.41, 5.74) is 2.05. The number of ketones is 1. The van der Waals surface area contributed by atoms with Gasteiger partial charge in [0, 0.05) is 12.0 Å². The minimum Gasteiger partial charge on any atom is -0.414 e. The van der Waals surface area contributed by atoms with Crippen molar-refractivity contribution >= 4 is 14.1 Å². The first-order valence-corrected chi connectivity index (χ1v) is 15.7. The maximum Gasteiger partial charge on any atom is 0.192 e. The molecule has 0 aromatic heterocycles. The molecule has 0 heterocycles. The highest BCUT2D eigenvalue weighted by Crippen LogP contribution is 2.66. The van der Waals surface area contributed by atoms with Crippen LogP contribution in [0.15, 0.2) is 11.6 Å². The number of hydrogen-bond donors (Lipinski definition) is 0. The van der Waals surface area contributed by atoms with Crippen molar-refractivity contribution in [3.8, 4) is 0 Å². The zero-order valence-corrected chi connectivity index (χ0v) is 21.9. The molecule has 30 heavy (non-hydrogen) atoms. The minimum absolute atomic E-state index is 0.220. The number of allylic oxidation sites excluding steroid dienone is 1. The van der Waals surface area contributed by atoms with Gasteiger partial charge in [0.05, 0.1) is 0 Å². The molecule has 3 fully saturated rings. The predicted octanol–water partition coefficient (Wildman–Crippen LogP) is 7.54. The molecule has 0 amide bonds. The molecule has 170 valence electrons. The third-order valence-corrected chi connectivity index (χ3v) is 15.4. The molecule has 2 nitrogen and oxygen atoms in total. The van der Waals surface area contributed by atoms with Crippen molar-refractivity contribution in [2.24, 2.45) is 34.5 Å². The van der Waals surface area contributed by atoms with E-state index in [-0.39, 0.29) is 16.4 Å². The lowest BCUT2D eigenvalue weighted by Crippen LogP contribution is -2.54. The highest BCUT2D eigenvalue weighted by molar-refractivity contribution is 6.74. The fourth-order valence-corrected chi connectivity index (χ4v) is 9.23. The van der Waals surface area contributed by atoms with Crippen LogP contribution >= 0.6 is 0 Å². The van der Waals surface area contributed by atoms with Gasteiger partial charge >= 0.3 is 0 Å². The average Bonchev–Trinajstić information content (AvgIpc) is 2.98. The molecule has 1 unspecified atom stereocenters. The number of hydrogen-bond acceptors (Lipinski definition) is 2. The van der Waals surface area contributed by atoms with Gasteiger partial charge in [0.1, 0.15) is 0 Å². The lowest BCUT2D eigenvalue weighted by atomic mass is 9.47. The second-order valence-corrected chi connectivity index (χ2v) is 18.0. The van der Waals surface area contributed by atoms with Crippen LogP contribution in [0.2, 0.25) is 18.1 Å². The molecule has 0 radical (unpaired) electrons. The number of fused-ring (bicyclic) bond motifs is 5. The normalized spacial score (nSPS) is 44.2. The van der Waals surface area contributed by atoms with Gasteiger partial charge in [-0.25, -0.2) is 0 Å². The van der Waals surface area contributed by atoms with Crippen LogP contribution in [0, 0.1) is 34.5 Å². The van der Waals surface area contributed by atoms with Crippen LogP contribution in [0.3, 0.4) is 0 Å². The second kappa shape index (κ2) is 7.30. The average molecular weight is 431 g/mol. The Hall–Kier alpha value is -0.413. The van der Waals surface area contributed by atoms with Crippen molar-refractivity contribution in [3.05, 3.63) is 11.6 Å². The zero-order chi connectivity index (χ0) is 22.1. The van der Waals surface area contributed by atoms with Gasteiger partial charge in [-0.2, -0.15) is 0 Å². The van der Waals surface area contributed by atoms with Crippen LogP contribution < -0.4 is 0 Å². The summed E-state index contributed by atoms with van der Waals surface area (Å²) in [6, 6.07) is 0. The van der Waals surface area contributed by atoms with Crippen molar-refractivity contribution in [1.29, 1.82) is 0 Å². The Balaban J connectivity index is 1.58. The second-order valence-electron chi connectivity index (χ2n) is 13.2. The Morgan fingerprint density at radius 3 is 2.40 bits per heavy atom. The van der Waals surface area contributed by atoms with Gasteiger partial charge < -0.3 is 4.43 Å². The molecule has 3 heteroatoms. The minimum atomic E-state index is -1.78. The van der Waals surface area contributed by atoms with E-state index in [1.54, 1.807) is 0 Å². The van der Waals surface area contributed by atoms with E-state index in [9.17, 15) is 4.79 Å². The molecule has 0 aliphatic heterocycles. The van der Waals surface area contributed by atoms with E-state index in [2.05, 4.69) is 60.7 Å². The molecule has 0 aromatic carbocycles. The number of rotatable bonds is 3. The number of carbonyl (C=O) groups excluding carboxylic acids is 1. The molecule has 0 N–H and O–H groups in total.